The molecule has 16 heavy (non-hydrogen) atoms. The van der Waals surface area contributed by atoms with E-state index < -0.39 is 10.8 Å². The molecule has 0 amide bonds. The van der Waals surface area contributed by atoms with Gasteiger partial charge in [-0.3, -0.25) is 9.00 Å². The summed E-state index contributed by atoms with van der Waals surface area (Å²) in [7, 11) is -1.09. The van der Waals surface area contributed by atoms with Crippen molar-refractivity contribution in [3.05, 3.63) is 35.9 Å². The van der Waals surface area contributed by atoms with Crippen LogP contribution in [0.25, 0.3) is 0 Å². The van der Waals surface area contributed by atoms with Crippen molar-refractivity contribution < 1.29 is 9.00 Å². The van der Waals surface area contributed by atoms with Crippen molar-refractivity contribution >= 4 is 16.6 Å². The highest BCUT2D eigenvalue weighted by molar-refractivity contribution is 7.87. The van der Waals surface area contributed by atoms with Crippen LogP contribution in [0.3, 0.4) is 0 Å². The molecule has 0 N–H and O–H groups in total. The lowest BCUT2D eigenvalue weighted by atomic mass is 10.1. The summed E-state index contributed by atoms with van der Waals surface area (Å²) in [6, 6.07) is 9.56. The van der Waals surface area contributed by atoms with Crippen molar-refractivity contribution in [2.45, 2.75) is 31.9 Å². The van der Waals surface area contributed by atoms with Gasteiger partial charge in [0.15, 0.2) is 0 Å². The molecule has 88 valence electrons. The molecule has 0 aliphatic heterocycles. The van der Waals surface area contributed by atoms with E-state index in [1.54, 1.807) is 0 Å². The second-order valence-corrected chi connectivity index (χ2v) is 7.01. The van der Waals surface area contributed by atoms with E-state index in [0.717, 1.165) is 5.56 Å². The van der Waals surface area contributed by atoms with E-state index in [0.29, 0.717) is 6.42 Å². The Morgan fingerprint density at radius 3 is 2.25 bits per heavy atom. The fourth-order valence-electron chi connectivity index (χ4n) is 1.24. The Morgan fingerprint density at radius 2 is 1.75 bits per heavy atom. The summed E-state index contributed by atoms with van der Waals surface area (Å²) in [6.07, 6.45) is 0.378. The Bertz CT molecular complexity index is 377. The minimum atomic E-state index is -1.09. The van der Waals surface area contributed by atoms with Crippen molar-refractivity contribution in [1.29, 1.82) is 0 Å². The normalized spacial score (nSPS) is 13.4. The van der Waals surface area contributed by atoms with E-state index in [9.17, 15) is 9.00 Å². The second-order valence-electron chi connectivity index (χ2n) is 4.80. The number of ketones is 1. The summed E-state index contributed by atoms with van der Waals surface area (Å²) in [5.41, 5.74) is 0.985. The van der Waals surface area contributed by atoms with Crippen LogP contribution < -0.4 is 0 Å². The minimum absolute atomic E-state index is 0.0412. The van der Waals surface area contributed by atoms with E-state index in [1.807, 2.05) is 51.1 Å². The van der Waals surface area contributed by atoms with Gasteiger partial charge >= 0.3 is 0 Å². The zero-order valence-corrected chi connectivity index (χ0v) is 10.8. The van der Waals surface area contributed by atoms with Crippen LogP contribution in [0.1, 0.15) is 26.3 Å². The van der Waals surface area contributed by atoms with Gasteiger partial charge in [0.1, 0.15) is 5.78 Å². The highest BCUT2D eigenvalue weighted by atomic mass is 32.2. The second kappa shape index (κ2) is 5.39. The molecule has 2 nitrogen and oxygen atoms in total. The van der Waals surface area contributed by atoms with Gasteiger partial charge in [-0.05, 0) is 26.3 Å². The first-order chi connectivity index (χ1) is 7.39. The number of hydrogen-bond acceptors (Lipinski definition) is 2. The lowest BCUT2D eigenvalue weighted by molar-refractivity contribution is -0.116. The summed E-state index contributed by atoms with van der Waals surface area (Å²) in [5, 5.41) is 0. The maximum absolute atomic E-state index is 11.8. The molecule has 0 heterocycles. The molecule has 0 bridgehead atoms. The molecule has 0 aliphatic carbocycles. The summed E-state index contributed by atoms with van der Waals surface area (Å²) >= 11 is 0. The van der Waals surface area contributed by atoms with Crippen molar-refractivity contribution in [3.8, 4) is 0 Å². The first kappa shape index (κ1) is 13.1. The summed E-state index contributed by atoms with van der Waals surface area (Å²) in [5.74, 6) is 0.192. The van der Waals surface area contributed by atoms with Crippen molar-refractivity contribution in [3.63, 3.8) is 0 Å². The van der Waals surface area contributed by atoms with Crippen LogP contribution in [0.5, 0.6) is 0 Å². The fraction of sp³-hybridized carbons (Fsp3) is 0.462. The molecule has 0 saturated carbocycles. The van der Waals surface area contributed by atoms with Gasteiger partial charge < -0.3 is 0 Å². The molecular weight excluding hydrogens is 220 g/mol. The number of Topliss-reactive ketones (excluding diaryl/α,β-unsaturated/α-hetero) is 1. The number of carbonyl (C=O) groups excluding carboxylic acids is 1. The molecule has 3 heteroatoms. The maximum Gasteiger partial charge on any atom is 0.149 e. The van der Waals surface area contributed by atoms with Crippen molar-refractivity contribution in [2.75, 3.05) is 5.75 Å². The topological polar surface area (TPSA) is 34.1 Å². The minimum Gasteiger partial charge on any atom is -0.298 e. The lowest BCUT2D eigenvalue weighted by Crippen LogP contribution is -2.28. The first-order valence-electron chi connectivity index (χ1n) is 5.33. The molecule has 0 aromatic heterocycles. The third-order valence-corrected chi connectivity index (χ3v) is 4.17. The zero-order valence-electron chi connectivity index (χ0n) is 10.0. The van der Waals surface area contributed by atoms with Crippen molar-refractivity contribution in [2.24, 2.45) is 0 Å². The molecular formula is C13H18O2S. The molecule has 0 radical (unpaired) electrons. The predicted molar refractivity (Wildman–Crippen MR) is 67.9 cm³/mol. The Kier molecular flexibility index (Phi) is 4.42. The molecule has 1 atom stereocenters. The Labute approximate surface area is 99.5 Å². The number of hydrogen-bond donors (Lipinski definition) is 0. The third kappa shape index (κ3) is 4.27. The van der Waals surface area contributed by atoms with Gasteiger partial charge in [-0.25, -0.2) is 0 Å². The molecule has 1 aromatic carbocycles. The average Bonchev–Trinajstić information content (AvgIpc) is 2.17. The van der Waals surface area contributed by atoms with E-state index in [4.69, 9.17) is 0 Å². The highest BCUT2D eigenvalue weighted by Gasteiger charge is 2.21. The number of carbonyl (C=O) groups is 1. The molecule has 0 fully saturated rings. The van der Waals surface area contributed by atoms with Gasteiger partial charge in [-0.2, -0.15) is 0 Å². The number of benzene rings is 1. The molecule has 0 saturated heterocycles. The Morgan fingerprint density at radius 1 is 1.19 bits per heavy atom. The van der Waals surface area contributed by atoms with Crippen LogP contribution in [0.15, 0.2) is 30.3 Å². The zero-order chi connectivity index (χ0) is 12.2. The smallest absolute Gasteiger partial charge is 0.149 e. The SMILES string of the molecule is CC(C)(C)S(=O)CC(=O)Cc1ccccc1. The molecule has 1 aromatic rings. The van der Waals surface area contributed by atoms with Crippen LogP contribution >= 0.6 is 0 Å². The van der Waals surface area contributed by atoms with Crippen LogP contribution in [0.4, 0.5) is 0 Å². The van der Waals surface area contributed by atoms with E-state index >= 15 is 0 Å². The Balaban J connectivity index is 2.52. The van der Waals surface area contributed by atoms with Gasteiger partial charge in [0.2, 0.25) is 0 Å². The molecule has 1 rings (SSSR count). The average molecular weight is 238 g/mol. The van der Waals surface area contributed by atoms with Crippen LogP contribution in [-0.4, -0.2) is 20.5 Å². The maximum atomic E-state index is 11.8. The van der Waals surface area contributed by atoms with Crippen molar-refractivity contribution in [1.82, 2.24) is 0 Å². The van der Waals surface area contributed by atoms with Gasteiger partial charge in [0, 0.05) is 22.0 Å². The fourth-order valence-corrected chi connectivity index (χ4v) is 2.06. The summed E-state index contributed by atoms with van der Waals surface area (Å²) < 4.78 is 11.4. The third-order valence-electron chi connectivity index (χ3n) is 2.22. The van der Waals surface area contributed by atoms with Gasteiger partial charge in [0.05, 0.1) is 5.75 Å². The largest absolute Gasteiger partial charge is 0.298 e. The predicted octanol–water partition coefficient (Wildman–Crippen LogP) is 2.35. The molecule has 0 spiro atoms. The van der Waals surface area contributed by atoms with Gasteiger partial charge in [-0.1, -0.05) is 30.3 Å². The lowest BCUT2D eigenvalue weighted by Gasteiger charge is -2.16. The first-order valence-corrected chi connectivity index (χ1v) is 6.65. The summed E-state index contributed by atoms with van der Waals surface area (Å²) in [6.45, 7) is 5.66. The quantitative estimate of drug-likeness (QED) is 0.807. The molecule has 0 aliphatic rings. The van der Waals surface area contributed by atoms with Gasteiger partial charge in [0.25, 0.3) is 0 Å². The Hall–Kier alpha value is -0.960. The summed E-state index contributed by atoms with van der Waals surface area (Å²) in [4.78, 5) is 11.7. The monoisotopic (exact) mass is 238 g/mol. The molecule has 1 unspecified atom stereocenters. The highest BCUT2D eigenvalue weighted by Crippen LogP contribution is 2.12. The van der Waals surface area contributed by atoms with Gasteiger partial charge in [-0.15, -0.1) is 0 Å². The van der Waals surface area contributed by atoms with Crippen LogP contribution in [-0.2, 0) is 22.0 Å². The van der Waals surface area contributed by atoms with E-state index in [-0.39, 0.29) is 16.3 Å². The number of rotatable bonds is 4. The van der Waals surface area contributed by atoms with E-state index in [1.165, 1.54) is 0 Å². The van der Waals surface area contributed by atoms with Crippen LogP contribution in [0.2, 0.25) is 0 Å². The van der Waals surface area contributed by atoms with Crippen LogP contribution in [0, 0.1) is 0 Å². The standard InChI is InChI=1S/C13H18O2S/c1-13(2,3)16(15)10-12(14)9-11-7-5-4-6-8-11/h4-8H,9-10H2,1-3H3. The van der Waals surface area contributed by atoms with E-state index in [2.05, 4.69) is 0 Å².